The topological polar surface area (TPSA) is 54.3 Å². The van der Waals surface area contributed by atoms with Gasteiger partial charge in [-0.15, -0.1) is 0 Å². The highest BCUT2D eigenvalue weighted by Crippen LogP contribution is 2.25. The number of benzene rings is 1. The summed E-state index contributed by atoms with van der Waals surface area (Å²) in [4.78, 5) is 0. The van der Waals surface area contributed by atoms with Crippen LogP contribution in [0.5, 0.6) is 11.5 Å². The number of nitrogens with one attached hydrogen (secondary N) is 1. The van der Waals surface area contributed by atoms with Crippen LogP contribution in [0.2, 0.25) is 0 Å². The third-order valence-electron chi connectivity index (χ3n) is 2.71. The predicted molar refractivity (Wildman–Crippen MR) is 75.3 cm³/mol. The number of hydrogen-bond donors (Lipinski definition) is 1. The lowest BCUT2D eigenvalue weighted by Gasteiger charge is -2.13. The molecule has 1 aromatic carbocycles. The van der Waals surface area contributed by atoms with E-state index in [1.54, 1.807) is 7.11 Å². The standard InChI is InChI=1S/C15H22N2O2/c1-3-9-17-12-13-6-7-14(18-2)11-15(13)19-10-5-4-8-16/h6-7,11,17H,3-5,9-10,12H2,1-2H3. The van der Waals surface area contributed by atoms with Crippen molar-refractivity contribution in [3.05, 3.63) is 23.8 Å². The second kappa shape index (κ2) is 9.23. The van der Waals surface area contributed by atoms with Crippen LogP contribution in [0, 0.1) is 11.3 Å². The van der Waals surface area contributed by atoms with Gasteiger partial charge in [0.2, 0.25) is 0 Å². The highest BCUT2D eigenvalue weighted by molar-refractivity contribution is 5.40. The average molecular weight is 262 g/mol. The molecule has 1 rings (SSSR count). The molecule has 0 unspecified atom stereocenters. The van der Waals surface area contributed by atoms with Crippen molar-refractivity contribution in [2.75, 3.05) is 20.3 Å². The minimum absolute atomic E-state index is 0.521. The van der Waals surface area contributed by atoms with E-state index in [0.717, 1.165) is 43.0 Å². The van der Waals surface area contributed by atoms with Gasteiger partial charge in [-0.2, -0.15) is 5.26 Å². The molecule has 0 heterocycles. The van der Waals surface area contributed by atoms with E-state index in [-0.39, 0.29) is 0 Å². The molecule has 1 aromatic rings. The molecule has 0 radical (unpaired) electrons. The molecule has 0 aliphatic heterocycles. The molecule has 4 nitrogen and oxygen atoms in total. The van der Waals surface area contributed by atoms with E-state index in [1.807, 2.05) is 18.2 Å². The maximum Gasteiger partial charge on any atom is 0.127 e. The van der Waals surface area contributed by atoms with Crippen LogP contribution in [-0.2, 0) is 6.54 Å². The van der Waals surface area contributed by atoms with E-state index in [4.69, 9.17) is 14.7 Å². The fourth-order valence-electron chi connectivity index (χ4n) is 1.68. The van der Waals surface area contributed by atoms with Gasteiger partial charge in [0.05, 0.1) is 19.8 Å². The first-order valence-electron chi connectivity index (χ1n) is 6.69. The molecule has 0 fully saturated rings. The van der Waals surface area contributed by atoms with Gasteiger partial charge in [0.15, 0.2) is 0 Å². The summed E-state index contributed by atoms with van der Waals surface area (Å²) in [5, 5.41) is 11.9. The number of unbranched alkanes of at least 4 members (excludes halogenated alkanes) is 1. The largest absolute Gasteiger partial charge is 0.497 e. The van der Waals surface area contributed by atoms with Gasteiger partial charge < -0.3 is 14.8 Å². The molecule has 1 N–H and O–H groups in total. The molecule has 0 bridgehead atoms. The molecule has 19 heavy (non-hydrogen) atoms. The molecule has 0 aromatic heterocycles. The highest BCUT2D eigenvalue weighted by Gasteiger charge is 2.05. The van der Waals surface area contributed by atoms with Crippen LogP contribution in [0.3, 0.4) is 0 Å². The maximum atomic E-state index is 8.51. The normalized spacial score (nSPS) is 9.95. The molecule has 0 aliphatic carbocycles. The van der Waals surface area contributed by atoms with Crippen molar-refractivity contribution in [2.45, 2.75) is 32.7 Å². The van der Waals surface area contributed by atoms with E-state index in [1.165, 1.54) is 0 Å². The Kier molecular flexibility index (Phi) is 7.45. The van der Waals surface area contributed by atoms with Gasteiger partial charge in [0.25, 0.3) is 0 Å². The van der Waals surface area contributed by atoms with Crippen LogP contribution < -0.4 is 14.8 Å². The lowest BCUT2D eigenvalue weighted by molar-refractivity contribution is 0.306. The number of methoxy groups -OCH3 is 1. The minimum Gasteiger partial charge on any atom is -0.497 e. The van der Waals surface area contributed by atoms with Gasteiger partial charge in [-0.3, -0.25) is 0 Å². The highest BCUT2D eigenvalue weighted by atomic mass is 16.5. The summed E-state index contributed by atoms with van der Waals surface area (Å²) in [6.07, 6.45) is 2.37. The minimum atomic E-state index is 0.521. The first-order valence-corrected chi connectivity index (χ1v) is 6.69. The molecule has 0 saturated heterocycles. The lowest BCUT2D eigenvalue weighted by atomic mass is 10.2. The summed E-state index contributed by atoms with van der Waals surface area (Å²) in [7, 11) is 1.64. The molecule has 0 spiro atoms. The van der Waals surface area contributed by atoms with Crippen LogP contribution in [0.4, 0.5) is 0 Å². The summed E-state index contributed by atoms with van der Waals surface area (Å²) in [6.45, 7) is 4.47. The Labute approximate surface area is 115 Å². The average Bonchev–Trinajstić information content (AvgIpc) is 2.45. The van der Waals surface area contributed by atoms with Gasteiger partial charge >= 0.3 is 0 Å². The Hall–Kier alpha value is -1.73. The second-order valence-electron chi connectivity index (χ2n) is 4.26. The molecule has 4 heteroatoms. The first kappa shape index (κ1) is 15.3. The zero-order valence-electron chi connectivity index (χ0n) is 11.7. The Morgan fingerprint density at radius 3 is 2.89 bits per heavy atom. The number of rotatable bonds is 9. The van der Waals surface area contributed by atoms with Crippen molar-refractivity contribution in [1.29, 1.82) is 5.26 Å². The maximum absolute atomic E-state index is 8.51. The van der Waals surface area contributed by atoms with Gasteiger partial charge in [0, 0.05) is 24.6 Å². The fourth-order valence-corrected chi connectivity index (χ4v) is 1.68. The van der Waals surface area contributed by atoms with Crippen molar-refractivity contribution in [3.8, 4) is 17.6 Å². The van der Waals surface area contributed by atoms with Gasteiger partial charge in [-0.25, -0.2) is 0 Å². The SMILES string of the molecule is CCCNCc1ccc(OC)cc1OCCCC#N. The zero-order chi connectivity index (χ0) is 13.9. The Morgan fingerprint density at radius 2 is 2.21 bits per heavy atom. The number of ether oxygens (including phenoxy) is 2. The Morgan fingerprint density at radius 1 is 1.37 bits per heavy atom. The van der Waals surface area contributed by atoms with Crippen molar-refractivity contribution >= 4 is 0 Å². The monoisotopic (exact) mass is 262 g/mol. The molecule has 104 valence electrons. The van der Waals surface area contributed by atoms with Gasteiger partial charge in [0.1, 0.15) is 11.5 Å². The van der Waals surface area contributed by atoms with Crippen LogP contribution in [0.1, 0.15) is 31.7 Å². The summed E-state index contributed by atoms with van der Waals surface area (Å²) >= 11 is 0. The van der Waals surface area contributed by atoms with Gasteiger partial charge in [-0.05, 0) is 25.5 Å². The van der Waals surface area contributed by atoms with Crippen molar-refractivity contribution in [1.82, 2.24) is 5.32 Å². The zero-order valence-corrected chi connectivity index (χ0v) is 11.7. The Bertz CT molecular complexity index is 413. The predicted octanol–water partition coefficient (Wildman–Crippen LogP) is 2.88. The first-order chi connectivity index (χ1) is 9.31. The molecular weight excluding hydrogens is 240 g/mol. The van der Waals surface area contributed by atoms with E-state index in [9.17, 15) is 0 Å². The lowest BCUT2D eigenvalue weighted by Crippen LogP contribution is -2.15. The molecule has 0 atom stereocenters. The summed E-state index contributed by atoms with van der Waals surface area (Å²) < 4.78 is 11.0. The molecule has 0 aliphatic rings. The van der Waals surface area contributed by atoms with Crippen molar-refractivity contribution < 1.29 is 9.47 Å². The number of nitrogens with zero attached hydrogens (tertiary/aromatic N) is 1. The van der Waals surface area contributed by atoms with E-state index in [0.29, 0.717) is 13.0 Å². The number of hydrogen-bond acceptors (Lipinski definition) is 4. The van der Waals surface area contributed by atoms with Crippen LogP contribution in [0.15, 0.2) is 18.2 Å². The smallest absolute Gasteiger partial charge is 0.127 e. The summed E-state index contributed by atoms with van der Waals surface area (Å²) in [5.74, 6) is 1.62. The fraction of sp³-hybridized carbons (Fsp3) is 0.533. The van der Waals surface area contributed by atoms with E-state index >= 15 is 0 Å². The third kappa shape index (κ3) is 5.62. The van der Waals surface area contributed by atoms with Gasteiger partial charge in [-0.1, -0.05) is 13.0 Å². The number of nitriles is 1. The second-order valence-corrected chi connectivity index (χ2v) is 4.26. The molecule has 0 saturated carbocycles. The van der Waals surface area contributed by atoms with Crippen molar-refractivity contribution in [2.24, 2.45) is 0 Å². The third-order valence-corrected chi connectivity index (χ3v) is 2.71. The molecule has 0 amide bonds. The summed E-state index contributed by atoms with van der Waals surface area (Å²) in [6, 6.07) is 7.96. The van der Waals surface area contributed by atoms with Crippen LogP contribution in [-0.4, -0.2) is 20.3 Å². The van der Waals surface area contributed by atoms with E-state index in [2.05, 4.69) is 18.3 Å². The molecular formula is C15H22N2O2. The quantitative estimate of drug-likeness (QED) is 0.695. The van der Waals surface area contributed by atoms with E-state index < -0.39 is 0 Å². The Balaban J connectivity index is 2.63. The summed E-state index contributed by atoms with van der Waals surface area (Å²) in [5.41, 5.74) is 1.12. The van der Waals surface area contributed by atoms with Crippen molar-refractivity contribution in [3.63, 3.8) is 0 Å². The van der Waals surface area contributed by atoms with Crippen LogP contribution in [0.25, 0.3) is 0 Å². The van der Waals surface area contributed by atoms with Crippen LogP contribution >= 0.6 is 0 Å².